The van der Waals surface area contributed by atoms with Gasteiger partial charge in [0.05, 0.1) is 11.1 Å². The minimum atomic E-state index is 0.204. The number of amides is 1. The molecule has 0 spiro atoms. The Kier molecular flexibility index (Phi) is 3.34. The zero-order chi connectivity index (χ0) is 11.8. The van der Waals surface area contributed by atoms with Gasteiger partial charge in [-0.15, -0.1) is 11.8 Å². The topological polar surface area (TPSA) is 29.1 Å². The number of allylic oxidation sites excluding steroid dienone is 2. The van der Waals surface area contributed by atoms with Crippen LogP contribution in [0.3, 0.4) is 0 Å². The summed E-state index contributed by atoms with van der Waals surface area (Å²) in [6.45, 7) is 6.87. The molecule has 2 atom stereocenters. The average Bonchev–Trinajstić information content (AvgIpc) is 2.56. The molecular formula is C13H21NOS. The van der Waals surface area contributed by atoms with Gasteiger partial charge in [0.25, 0.3) is 0 Å². The highest BCUT2D eigenvalue weighted by molar-refractivity contribution is 8.01. The predicted octanol–water partition coefficient (Wildman–Crippen LogP) is 2.95. The molecule has 0 radical (unpaired) electrons. The van der Waals surface area contributed by atoms with Gasteiger partial charge in [-0.2, -0.15) is 0 Å². The van der Waals surface area contributed by atoms with Gasteiger partial charge in [0.1, 0.15) is 0 Å². The molecule has 2 nitrogen and oxygen atoms in total. The highest BCUT2D eigenvalue weighted by Gasteiger charge is 2.34. The molecule has 1 N–H and O–H groups in total. The third-order valence-electron chi connectivity index (χ3n) is 3.79. The second-order valence-corrected chi connectivity index (χ2v) is 6.84. The summed E-state index contributed by atoms with van der Waals surface area (Å²) in [5.41, 5.74) is 1.81. The van der Waals surface area contributed by atoms with Crippen LogP contribution in [-0.4, -0.2) is 17.0 Å². The zero-order valence-corrected chi connectivity index (χ0v) is 11.2. The lowest BCUT2D eigenvalue weighted by Gasteiger charge is -2.37. The van der Waals surface area contributed by atoms with Gasteiger partial charge in [-0.05, 0) is 37.5 Å². The molecule has 2 unspecified atom stereocenters. The number of thioether (sulfide) groups is 1. The van der Waals surface area contributed by atoms with Gasteiger partial charge in [-0.3, -0.25) is 4.79 Å². The normalized spacial score (nSPS) is 33.4. The fourth-order valence-corrected chi connectivity index (χ4v) is 3.86. The summed E-state index contributed by atoms with van der Waals surface area (Å²) in [6, 6.07) is 0. The molecule has 1 heterocycles. The van der Waals surface area contributed by atoms with Crippen molar-refractivity contribution in [2.24, 2.45) is 11.3 Å². The van der Waals surface area contributed by atoms with E-state index in [1.807, 2.05) is 0 Å². The van der Waals surface area contributed by atoms with Crippen molar-refractivity contribution in [3.63, 3.8) is 0 Å². The maximum Gasteiger partial charge on any atom is 0.230 e. The molecular weight excluding hydrogens is 218 g/mol. The lowest BCUT2D eigenvalue weighted by molar-refractivity contribution is -0.118. The summed E-state index contributed by atoms with van der Waals surface area (Å²) in [4.78, 5) is 11.2. The van der Waals surface area contributed by atoms with E-state index in [0.29, 0.717) is 17.0 Å². The van der Waals surface area contributed by atoms with E-state index in [1.165, 1.54) is 18.4 Å². The molecule has 3 heteroatoms. The number of hydrogen-bond donors (Lipinski definition) is 1. The Labute approximate surface area is 102 Å². The molecule has 2 aliphatic rings. The Bertz CT molecular complexity index is 322. The van der Waals surface area contributed by atoms with Gasteiger partial charge in [-0.25, -0.2) is 0 Å². The molecule has 0 aromatic heterocycles. The van der Waals surface area contributed by atoms with E-state index in [9.17, 15) is 4.79 Å². The Morgan fingerprint density at radius 3 is 2.88 bits per heavy atom. The van der Waals surface area contributed by atoms with E-state index in [4.69, 9.17) is 0 Å². The number of carbonyl (C=O) groups is 1. The fourth-order valence-electron chi connectivity index (χ4n) is 2.85. The summed E-state index contributed by atoms with van der Waals surface area (Å²) in [5.74, 6) is 1.55. The summed E-state index contributed by atoms with van der Waals surface area (Å²) < 4.78 is 0. The molecule has 1 aliphatic heterocycles. The molecule has 0 bridgehead atoms. The smallest absolute Gasteiger partial charge is 0.230 e. The van der Waals surface area contributed by atoms with Crippen molar-refractivity contribution in [3.8, 4) is 0 Å². The van der Waals surface area contributed by atoms with Crippen molar-refractivity contribution in [2.75, 3.05) is 5.75 Å². The van der Waals surface area contributed by atoms with Crippen LogP contribution in [0.25, 0.3) is 0 Å². The third kappa shape index (κ3) is 2.62. The zero-order valence-electron chi connectivity index (χ0n) is 10.4. The Hall–Kier alpha value is -0.440. The first-order chi connectivity index (χ1) is 7.47. The Balaban J connectivity index is 1.97. The summed E-state index contributed by atoms with van der Waals surface area (Å²) in [6.07, 6.45) is 6.03. The molecule has 2 rings (SSSR count). The fraction of sp³-hybridized carbons (Fsp3) is 0.769. The largest absolute Gasteiger partial charge is 0.344 e. The molecule has 1 amide bonds. The monoisotopic (exact) mass is 239 g/mol. The Morgan fingerprint density at radius 2 is 2.31 bits per heavy atom. The molecule has 1 fully saturated rings. The van der Waals surface area contributed by atoms with Crippen LogP contribution >= 0.6 is 11.8 Å². The lowest BCUT2D eigenvalue weighted by Crippen LogP contribution is -2.33. The van der Waals surface area contributed by atoms with Crippen LogP contribution in [0.2, 0.25) is 0 Å². The summed E-state index contributed by atoms with van der Waals surface area (Å²) in [7, 11) is 0. The van der Waals surface area contributed by atoms with Crippen LogP contribution in [-0.2, 0) is 4.79 Å². The molecule has 1 saturated heterocycles. The SMILES string of the molecule is CC1=CC(C)(C)C(CC2NC(=O)CS2)CC1. The van der Waals surface area contributed by atoms with Gasteiger partial charge in [0, 0.05) is 0 Å². The van der Waals surface area contributed by atoms with E-state index in [2.05, 4.69) is 32.2 Å². The maximum atomic E-state index is 11.2. The number of carbonyl (C=O) groups excluding carboxylic acids is 1. The van der Waals surface area contributed by atoms with Crippen LogP contribution in [0.1, 0.15) is 40.0 Å². The number of rotatable bonds is 2. The van der Waals surface area contributed by atoms with Crippen LogP contribution < -0.4 is 5.32 Å². The van der Waals surface area contributed by atoms with Crippen LogP contribution in [0.5, 0.6) is 0 Å². The third-order valence-corrected chi connectivity index (χ3v) is 4.94. The van der Waals surface area contributed by atoms with Crippen molar-refractivity contribution in [1.29, 1.82) is 0 Å². The van der Waals surface area contributed by atoms with Crippen molar-refractivity contribution < 1.29 is 4.79 Å². The van der Waals surface area contributed by atoms with E-state index in [1.54, 1.807) is 11.8 Å². The van der Waals surface area contributed by atoms with E-state index in [0.717, 1.165) is 6.42 Å². The second kappa shape index (κ2) is 4.44. The lowest BCUT2D eigenvalue weighted by atomic mass is 9.69. The van der Waals surface area contributed by atoms with Crippen molar-refractivity contribution in [2.45, 2.75) is 45.4 Å². The first kappa shape index (κ1) is 12.0. The van der Waals surface area contributed by atoms with Crippen molar-refractivity contribution in [3.05, 3.63) is 11.6 Å². The highest BCUT2D eigenvalue weighted by atomic mass is 32.2. The maximum absolute atomic E-state index is 11.2. The summed E-state index contributed by atoms with van der Waals surface area (Å²) in [5, 5.41) is 3.40. The van der Waals surface area contributed by atoms with Gasteiger partial charge in [0.15, 0.2) is 0 Å². The molecule has 0 saturated carbocycles. The first-order valence-corrected chi connectivity index (χ1v) is 7.11. The molecule has 0 aromatic rings. The molecule has 1 aliphatic carbocycles. The van der Waals surface area contributed by atoms with Gasteiger partial charge >= 0.3 is 0 Å². The molecule has 0 aromatic carbocycles. The van der Waals surface area contributed by atoms with E-state index >= 15 is 0 Å². The van der Waals surface area contributed by atoms with Gasteiger partial charge in [0.2, 0.25) is 5.91 Å². The van der Waals surface area contributed by atoms with Crippen molar-refractivity contribution >= 4 is 17.7 Å². The minimum Gasteiger partial charge on any atom is -0.344 e. The predicted molar refractivity (Wildman–Crippen MR) is 69.3 cm³/mol. The standard InChI is InChI=1S/C13H21NOS/c1-9-4-5-10(13(2,3)7-9)6-12-14-11(15)8-16-12/h7,10,12H,4-6,8H2,1-3H3,(H,14,15). The van der Waals surface area contributed by atoms with E-state index < -0.39 is 0 Å². The van der Waals surface area contributed by atoms with Gasteiger partial charge in [-0.1, -0.05) is 25.5 Å². The second-order valence-electron chi connectivity index (χ2n) is 5.65. The van der Waals surface area contributed by atoms with E-state index in [-0.39, 0.29) is 11.3 Å². The van der Waals surface area contributed by atoms with Crippen LogP contribution in [0.15, 0.2) is 11.6 Å². The molecule has 16 heavy (non-hydrogen) atoms. The quantitative estimate of drug-likeness (QED) is 0.751. The van der Waals surface area contributed by atoms with Crippen LogP contribution in [0.4, 0.5) is 0 Å². The Morgan fingerprint density at radius 1 is 1.56 bits per heavy atom. The summed E-state index contributed by atoms with van der Waals surface area (Å²) >= 11 is 1.76. The number of nitrogens with one attached hydrogen (secondary N) is 1. The minimum absolute atomic E-state index is 0.204. The first-order valence-electron chi connectivity index (χ1n) is 6.07. The van der Waals surface area contributed by atoms with Gasteiger partial charge < -0.3 is 5.32 Å². The van der Waals surface area contributed by atoms with Crippen LogP contribution in [0, 0.1) is 11.3 Å². The highest BCUT2D eigenvalue weighted by Crippen LogP contribution is 2.42. The average molecular weight is 239 g/mol. The number of hydrogen-bond acceptors (Lipinski definition) is 2. The molecule has 90 valence electrons. The van der Waals surface area contributed by atoms with Crippen molar-refractivity contribution in [1.82, 2.24) is 5.32 Å².